The number of carboxylic acids is 1. The molecule has 0 radical (unpaired) electrons. The molecule has 0 fully saturated rings. The van der Waals surface area contributed by atoms with E-state index in [0.717, 1.165) is 0 Å². The Balaban J connectivity index is 2.85. The highest BCUT2D eigenvalue weighted by Gasteiger charge is 2.08. The molecule has 1 aromatic rings. The highest BCUT2D eigenvalue weighted by atomic mass is 32.2. The second-order valence-electron chi connectivity index (χ2n) is 3.44. The molecule has 0 saturated heterocycles. The largest absolute Gasteiger partial charge is 0.481 e. The number of nitrogens with one attached hydrogen (secondary N) is 1. The summed E-state index contributed by atoms with van der Waals surface area (Å²) < 4.78 is 25.2. The number of carbonyl (C=O) groups is 1. The average Bonchev–Trinajstić information content (AvgIpc) is 2.15. The van der Waals surface area contributed by atoms with Crippen LogP contribution in [0.25, 0.3) is 0 Å². The third-order valence-electron chi connectivity index (χ3n) is 1.89. The summed E-state index contributed by atoms with van der Waals surface area (Å²) in [4.78, 5) is 10.5. The lowest BCUT2D eigenvalue weighted by Gasteiger charge is -2.07. The minimum absolute atomic E-state index is 0.142. The summed E-state index contributed by atoms with van der Waals surface area (Å²) in [5, 5.41) is 8.62. The van der Waals surface area contributed by atoms with Gasteiger partial charge in [0, 0.05) is 5.69 Å². The third-order valence-corrected chi connectivity index (χ3v) is 3.11. The normalized spacial score (nSPS) is 10.8. The standard InChI is InChI=1S/C11H13NO4S/c1-2-6-17(15,16)12-10-5-3-4-9(7-10)8-11(13)14/h2-5,7,12H,1,6,8H2,(H,13,14). The fourth-order valence-electron chi connectivity index (χ4n) is 1.30. The number of sulfonamides is 1. The Morgan fingerprint density at radius 3 is 2.76 bits per heavy atom. The van der Waals surface area contributed by atoms with Crippen LogP contribution in [0.3, 0.4) is 0 Å². The van der Waals surface area contributed by atoms with Crippen LogP contribution < -0.4 is 4.72 Å². The van der Waals surface area contributed by atoms with Crippen LogP contribution in [0, 0.1) is 0 Å². The zero-order valence-electron chi connectivity index (χ0n) is 9.09. The average molecular weight is 255 g/mol. The number of rotatable bonds is 6. The maximum absolute atomic E-state index is 11.4. The lowest BCUT2D eigenvalue weighted by Crippen LogP contribution is -2.15. The molecule has 1 aromatic carbocycles. The molecule has 0 amide bonds. The molecule has 0 bridgehead atoms. The second kappa shape index (κ2) is 5.49. The molecule has 0 aliphatic heterocycles. The van der Waals surface area contributed by atoms with Gasteiger partial charge in [0.1, 0.15) is 0 Å². The summed E-state index contributed by atoms with van der Waals surface area (Å²) in [6.45, 7) is 3.35. The minimum Gasteiger partial charge on any atom is -0.481 e. The molecule has 0 spiro atoms. The molecule has 0 saturated carbocycles. The fourth-order valence-corrected chi connectivity index (χ4v) is 2.18. The number of carboxylic acid groups (broad SMARTS) is 1. The maximum Gasteiger partial charge on any atom is 0.307 e. The smallest absolute Gasteiger partial charge is 0.307 e. The van der Waals surface area contributed by atoms with Gasteiger partial charge in [-0.2, -0.15) is 0 Å². The van der Waals surface area contributed by atoms with Crippen LogP contribution in [0.15, 0.2) is 36.9 Å². The molecule has 17 heavy (non-hydrogen) atoms. The van der Waals surface area contributed by atoms with Crippen LogP contribution >= 0.6 is 0 Å². The minimum atomic E-state index is -3.45. The van der Waals surface area contributed by atoms with E-state index in [1.807, 2.05) is 0 Å². The monoisotopic (exact) mass is 255 g/mol. The first-order valence-corrected chi connectivity index (χ1v) is 6.50. The van der Waals surface area contributed by atoms with Crippen molar-refractivity contribution in [2.45, 2.75) is 6.42 Å². The van der Waals surface area contributed by atoms with Crippen LogP contribution in [0.4, 0.5) is 5.69 Å². The van der Waals surface area contributed by atoms with Gasteiger partial charge in [-0.05, 0) is 17.7 Å². The molecule has 5 nitrogen and oxygen atoms in total. The second-order valence-corrected chi connectivity index (χ2v) is 5.21. The van der Waals surface area contributed by atoms with Crippen molar-refractivity contribution in [2.24, 2.45) is 0 Å². The zero-order valence-corrected chi connectivity index (χ0v) is 9.90. The molecular formula is C11H13NO4S. The third kappa shape index (κ3) is 4.69. The first kappa shape index (κ1) is 13.2. The van der Waals surface area contributed by atoms with Gasteiger partial charge in [0.25, 0.3) is 0 Å². The Hall–Kier alpha value is -1.82. The molecule has 0 aliphatic rings. The number of hydrogen-bond acceptors (Lipinski definition) is 3. The lowest BCUT2D eigenvalue weighted by atomic mass is 10.1. The summed E-state index contributed by atoms with van der Waals surface area (Å²) >= 11 is 0. The van der Waals surface area contributed by atoms with Crippen LogP contribution in [0.5, 0.6) is 0 Å². The van der Waals surface area contributed by atoms with E-state index in [1.54, 1.807) is 18.2 Å². The Morgan fingerprint density at radius 1 is 1.47 bits per heavy atom. The lowest BCUT2D eigenvalue weighted by molar-refractivity contribution is -0.136. The summed E-state index contributed by atoms with van der Waals surface area (Å²) in [7, 11) is -3.45. The molecule has 0 atom stereocenters. The van der Waals surface area contributed by atoms with Crippen molar-refractivity contribution in [1.82, 2.24) is 0 Å². The highest BCUT2D eigenvalue weighted by molar-refractivity contribution is 7.92. The quantitative estimate of drug-likeness (QED) is 0.749. The first-order valence-electron chi connectivity index (χ1n) is 4.85. The Labute approximate surface area is 99.8 Å². The molecule has 0 aromatic heterocycles. The van der Waals surface area contributed by atoms with Crippen molar-refractivity contribution in [3.8, 4) is 0 Å². The van der Waals surface area contributed by atoms with Gasteiger partial charge in [0.15, 0.2) is 0 Å². The van der Waals surface area contributed by atoms with Crippen LogP contribution in [-0.2, 0) is 21.2 Å². The zero-order chi connectivity index (χ0) is 12.9. The predicted molar refractivity (Wildman–Crippen MR) is 65.4 cm³/mol. The first-order chi connectivity index (χ1) is 7.93. The van der Waals surface area contributed by atoms with Crippen molar-refractivity contribution >= 4 is 21.7 Å². The van der Waals surface area contributed by atoms with Gasteiger partial charge in [-0.25, -0.2) is 8.42 Å². The number of aliphatic carboxylic acids is 1. The number of anilines is 1. The van der Waals surface area contributed by atoms with Gasteiger partial charge in [-0.1, -0.05) is 18.2 Å². The van der Waals surface area contributed by atoms with E-state index in [9.17, 15) is 13.2 Å². The van der Waals surface area contributed by atoms with Crippen LogP contribution in [0.2, 0.25) is 0 Å². The van der Waals surface area contributed by atoms with Gasteiger partial charge in [0.2, 0.25) is 10.0 Å². The van der Waals surface area contributed by atoms with Gasteiger partial charge in [0.05, 0.1) is 12.2 Å². The summed E-state index contributed by atoms with van der Waals surface area (Å²) in [5.74, 6) is -1.15. The van der Waals surface area contributed by atoms with Gasteiger partial charge in [-0.3, -0.25) is 9.52 Å². The van der Waals surface area contributed by atoms with E-state index in [-0.39, 0.29) is 12.2 Å². The van der Waals surface area contributed by atoms with E-state index in [4.69, 9.17) is 5.11 Å². The molecule has 92 valence electrons. The maximum atomic E-state index is 11.4. The van der Waals surface area contributed by atoms with Gasteiger partial charge < -0.3 is 5.11 Å². The topological polar surface area (TPSA) is 83.5 Å². The molecular weight excluding hydrogens is 242 g/mol. The van der Waals surface area contributed by atoms with E-state index < -0.39 is 16.0 Å². The molecule has 1 rings (SSSR count). The van der Waals surface area contributed by atoms with Crippen molar-refractivity contribution < 1.29 is 18.3 Å². The van der Waals surface area contributed by atoms with Gasteiger partial charge in [-0.15, -0.1) is 6.58 Å². The number of benzene rings is 1. The summed E-state index contributed by atoms with van der Waals surface area (Å²) in [5.41, 5.74) is 0.891. The SMILES string of the molecule is C=CCS(=O)(=O)Nc1cccc(CC(=O)O)c1. The molecule has 0 aliphatic carbocycles. The molecule has 6 heteroatoms. The summed E-state index contributed by atoms with van der Waals surface area (Å²) in [6, 6.07) is 6.28. The summed E-state index contributed by atoms with van der Waals surface area (Å²) in [6.07, 6.45) is 1.14. The van der Waals surface area contributed by atoms with E-state index in [2.05, 4.69) is 11.3 Å². The highest BCUT2D eigenvalue weighted by Crippen LogP contribution is 2.13. The predicted octanol–water partition coefficient (Wildman–Crippen LogP) is 1.24. The van der Waals surface area contributed by atoms with E-state index >= 15 is 0 Å². The van der Waals surface area contributed by atoms with Crippen LogP contribution in [0.1, 0.15) is 5.56 Å². The number of hydrogen-bond donors (Lipinski definition) is 2. The van der Waals surface area contributed by atoms with Gasteiger partial charge >= 0.3 is 5.97 Å². The Morgan fingerprint density at radius 2 is 2.18 bits per heavy atom. The molecule has 2 N–H and O–H groups in total. The van der Waals surface area contributed by atoms with Crippen molar-refractivity contribution in [2.75, 3.05) is 10.5 Å². The van der Waals surface area contributed by atoms with Crippen LogP contribution in [-0.4, -0.2) is 25.2 Å². The Kier molecular flexibility index (Phi) is 4.28. The molecule has 0 unspecified atom stereocenters. The van der Waals surface area contributed by atoms with E-state index in [0.29, 0.717) is 11.3 Å². The fraction of sp³-hybridized carbons (Fsp3) is 0.182. The molecule has 0 heterocycles. The van der Waals surface area contributed by atoms with Crippen molar-refractivity contribution in [1.29, 1.82) is 0 Å². The van der Waals surface area contributed by atoms with Crippen molar-refractivity contribution in [3.05, 3.63) is 42.5 Å². The van der Waals surface area contributed by atoms with E-state index in [1.165, 1.54) is 12.1 Å². The Bertz CT molecular complexity index is 522. The van der Waals surface area contributed by atoms with Crippen molar-refractivity contribution in [3.63, 3.8) is 0 Å².